The fourth-order valence-electron chi connectivity index (χ4n) is 1.22. The zero-order valence-corrected chi connectivity index (χ0v) is 9.98. The van der Waals surface area contributed by atoms with Crippen LogP contribution in [-0.2, 0) is 13.1 Å². The maximum atomic E-state index is 10.7. The first-order chi connectivity index (χ1) is 7.75. The first-order valence-corrected chi connectivity index (χ1v) is 6.41. The van der Waals surface area contributed by atoms with Gasteiger partial charge in [-0.15, -0.1) is 22.7 Å². The van der Waals surface area contributed by atoms with Crippen LogP contribution in [0, 0.1) is 0 Å². The second kappa shape index (κ2) is 5.20. The Morgan fingerprint density at radius 2 is 2.31 bits per heavy atom. The summed E-state index contributed by atoms with van der Waals surface area (Å²) in [6, 6.07) is 1.70. The second-order valence-corrected chi connectivity index (χ2v) is 5.11. The van der Waals surface area contributed by atoms with E-state index in [1.54, 1.807) is 29.0 Å². The third kappa shape index (κ3) is 2.88. The largest absolute Gasteiger partial charge is 0.478 e. The molecule has 0 aromatic carbocycles. The maximum absolute atomic E-state index is 10.7. The molecule has 0 saturated carbocycles. The summed E-state index contributed by atoms with van der Waals surface area (Å²) in [4.78, 5) is 15.8. The van der Waals surface area contributed by atoms with Crippen molar-refractivity contribution in [2.24, 2.45) is 0 Å². The number of nitrogens with one attached hydrogen (secondary N) is 1. The van der Waals surface area contributed by atoms with Crippen LogP contribution in [0.4, 0.5) is 0 Å². The van der Waals surface area contributed by atoms with Gasteiger partial charge in [0.15, 0.2) is 0 Å². The van der Waals surface area contributed by atoms with Crippen molar-refractivity contribution in [3.05, 3.63) is 38.5 Å². The van der Waals surface area contributed by atoms with E-state index < -0.39 is 5.97 Å². The van der Waals surface area contributed by atoms with E-state index in [-0.39, 0.29) is 0 Å². The number of thiazole rings is 1. The molecular weight excluding hydrogens is 244 g/mol. The third-order valence-corrected chi connectivity index (χ3v) is 3.68. The molecule has 0 fully saturated rings. The Labute approximate surface area is 101 Å². The van der Waals surface area contributed by atoms with Crippen LogP contribution in [0.5, 0.6) is 0 Å². The van der Waals surface area contributed by atoms with Gasteiger partial charge < -0.3 is 10.4 Å². The van der Waals surface area contributed by atoms with Crippen molar-refractivity contribution >= 4 is 28.6 Å². The quantitative estimate of drug-likeness (QED) is 0.858. The number of carbonyl (C=O) groups is 1. The molecule has 6 heteroatoms. The van der Waals surface area contributed by atoms with Gasteiger partial charge in [-0.3, -0.25) is 0 Å². The van der Waals surface area contributed by atoms with Crippen LogP contribution in [0.2, 0.25) is 0 Å². The lowest BCUT2D eigenvalue weighted by molar-refractivity contribution is 0.0697. The van der Waals surface area contributed by atoms with Crippen molar-refractivity contribution in [1.82, 2.24) is 10.3 Å². The first-order valence-electron chi connectivity index (χ1n) is 4.65. The molecule has 0 saturated heterocycles. The summed E-state index contributed by atoms with van der Waals surface area (Å²) in [7, 11) is 0. The highest BCUT2D eigenvalue weighted by Crippen LogP contribution is 2.14. The summed E-state index contributed by atoms with van der Waals surface area (Å²) in [6.07, 6.45) is 1.77. The highest BCUT2D eigenvalue weighted by molar-refractivity contribution is 7.10. The van der Waals surface area contributed by atoms with Crippen LogP contribution in [0.3, 0.4) is 0 Å². The number of aromatic carboxylic acids is 1. The van der Waals surface area contributed by atoms with E-state index in [4.69, 9.17) is 5.11 Å². The van der Waals surface area contributed by atoms with Gasteiger partial charge in [0, 0.05) is 34.9 Å². The highest BCUT2D eigenvalue weighted by Gasteiger charge is 2.05. The number of nitrogens with zero attached hydrogens (tertiary/aromatic N) is 1. The fourth-order valence-corrected chi connectivity index (χ4v) is 2.63. The highest BCUT2D eigenvalue weighted by atomic mass is 32.1. The Kier molecular flexibility index (Phi) is 3.66. The van der Waals surface area contributed by atoms with Crippen LogP contribution in [0.15, 0.2) is 23.0 Å². The summed E-state index contributed by atoms with van der Waals surface area (Å²) in [5.41, 5.74) is 0.357. The molecule has 0 spiro atoms. The van der Waals surface area contributed by atoms with Gasteiger partial charge in [-0.2, -0.15) is 0 Å². The van der Waals surface area contributed by atoms with Crippen molar-refractivity contribution in [3.8, 4) is 0 Å². The molecule has 0 unspecified atom stereocenters. The number of thiophene rings is 1. The molecule has 2 N–H and O–H groups in total. The molecule has 4 nitrogen and oxygen atoms in total. The average Bonchev–Trinajstić information content (AvgIpc) is 2.87. The molecule has 2 heterocycles. The Morgan fingerprint density at radius 1 is 1.44 bits per heavy atom. The third-order valence-electron chi connectivity index (χ3n) is 1.96. The minimum absolute atomic E-state index is 0.357. The number of rotatable bonds is 5. The Hall–Kier alpha value is -1.24. The maximum Gasteiger partial charge on any atom is 0.336 e. The molecule has 0 radical (unpaired) electrons. The Morgan fingerprint density at radius 3 is 2.94 bits per heavy atom. The zero-order valence-electron chi connectivity index (χ0n) is 8.34. The molecule has 84 valence electrons. The summed E-state index contributed by atoms with van der Waals surface area (Å²) in [6.45, 7) is 1.40. The van der Waals surface area contributed by atoms with Crippen molar-refractivity contribution in [3.63, 3.8) is 0 Å². The topological polar surface area (TPSA) is 62.2 Å². The van der Waals surface area contributed by atoms with Crippen LogP contribution in [0.25, 0.3) is 0 Å². The zero-order chi connectivity index (χ0) is 11.4. The molecule has 0 aliphatic rings. The molecule has 2 aromatic heterocycles. The van der Waals surface area contributed by atoms with E-state index in [2.05, 4.69) is 10.3 Å². The van der Waals surface area contributed by atoms with Gasteiger partial charge in [0.25, 0.3) is 0 Å². The molecule has 0 atom stereocenters. The summed E-state index contributed by atoms with van der Waals surface area (Å²) >= 11 is 3.06. The standard InChI is InChI=1S/C10H10N2O2S2/c13-10(14)7-3-8(16-6-7)4-11-5-9-12-1-2-15-9/h1-3,6,11H,4-5H2,(H,13,14). The van der Waals surface area contributed by atoms with E-state index in [1.807, 2.05) is 5.38 Å². The lowest BCUT2D eigenvalue weighted by Gasteiger charge is -1.98. The number of aromatic nitrogens is 1. The fraction of sp³-hybridized carbons (Fsp3) is 0.200. The smallest absolute Gasteiger partial charge is 0.336 e. The normalized spacial score (nSPS) is 10.5. The van der Waals surface area contributed by atoms with E-state index in [0.29, 0.717) is 12.1 Å². The second-order valence-electron chi connectivity index (χ2n) is 3.14. The molecular formula is C10H10N2O2S2. The van der Waals surface area contributed by atoms with Gasteiger partial charge in [-0.25, -0.2) is 9.78 Å². The molecule has 0 aliphatic carbocycles. The summed E-state index contributed by atoms with van der Waals surface area (Å²) in [5.74, 6) is -0.873. The van der Waals surface area contributed by atoms with Gasteiger partial charge in [0.05, 0.1) is 5.56 Å². The minimum Gasteiger partial charge on any atom is -0.478 e. The number of hydrogen-bond acceptors (Lipinski definition) is 5. The van der Waals surface area contributed by atoms with E-state index in [0.717, 1.165) is 16.4 Å². The molecule has 2 rings (SSSR count). The van der Waals surface area contributed by atoms with Crippen LogP contribution in [0.1, 0.15) is 20.2 Å². The van der Waals surface area contributed by atoms with Crippen molar-refractivity contribution in [2.45, 2.75) is 13.1 Å². The van der Waals surface area contributed by atoms with E-state index in [1.165, 1.54) is 11.3 Å². The number of hydrogen-bond donors (Lipinski definition) is 2. The first kappa shape index (κ1) is 11.3. The van der Waals surface area contributed by atoms with Gasteiger partial charge in [0.1, 0.15) is 5.01 Å². The van der Waals surface area contributed by atoms with Crippen molar-refractivity contribution in [1.29, 1.82) is 0 Å². The Bertz CT molecular complexity index is 465. The Balaban J connectivity index is 1.83. The van der Waals surface area contributed by atoms with Gasteiger partial charge in [-0.05, 0) is 6.07 Å². The van der Waals surface area contributed by atoms with E-state index in [9.17, 15) is 4.79 Å². The van der Waals surface area contributed by atoms with Gasteiger partial charge >= 0.3 is 5.97 Å². The predicted molar refractivity (Wildman–Crippen MR) is 63.9 cm³/mol. The number of carboxylic acids is 1. The lowest BCUT2D eigenvalue weighted by Crippen LogP contribution is -2.11. The van der Waals surface area contributed by atoms with E-state index >= 15 is 0 Å². The SMILES string of the molecule is O=C(O)c1csc(CNCc2nccs2)c1. The summed E-state index contributed by atoms with van der Waals surface area (Å²) in [5, 5.41) is 16.6. The van der Waals surface area contributed by atoms with Crippen LogP contribution >= 0.6 is 22.7 Å². The monoisotopic (exact) mass is 254 g/mol. The summed E-state index contributed by atoms with van der Waals surface area (Å²) < 4.78 is 0. The van der Waals surface area contributed by atoms with Crippen LogP contribution in [-0.4, -0.2) is 16.1 Å². The molecule has 16 heavy (non-hydrogen) atoms. The molecule has 2 aromatic rings. The predicted octanol–water partition coefficient (Wildman–Crippen LogP) is 2.19. The van der Waals surface area contributed by atoms with Gasteiger partial charge in [-0.1, -0.05) is 0 Å². The lowest BCUT2D eigenvalue weighted by atomic mass is 10.3. The van der Waals surface area contributed by atoms with Gasteiger partial charge in [0.2, 0.25) is 0 Å². The number of carboxylic acid groups (broad SMARTS) is 1. The van der Waals surface area contributed by atoms with Crippen molar-refractivity contribution < 1.29 is 9.90 Å². The van der Waals surface area contributed by atoms with Crippen molar-refractivity contribution in [2.75, 3.05) is 0 Å². The minimum atomic E-state index is -0.873. The molecule has 0 aliphatic heterocycles. The average molecular weight is 254 g/mol. The van der Waals surface area contributed by atoms with Crippen LogP contribution < -0.4 is 5.32 Å². The molecule has 0 amide bonds. The molecule has 0 bridgehead atoms.